The molecule has 0 aliphatic carbocycles. The zero-order valence-corrected chi connectivity index (χ0v) is 13.8. The van der Waals surface area contributed by atoms with Crippen LogP contribution in [0, 0.1) is 11.6 Å². The normalized spacial score (nSPS) is 11.5. The van der Waals surface area contributed by atoms with E-state index in [0.717, 1.165) is 12.1 Å². The second-order valence-corrected chi connectivity index (χ2v) is 5.40. The van der Waals surface area contributed by atoms with Crippen molar-refractivity contribution in [1.82, 2.24) is 16.0 Å². The number of nitrogens with one attached hydrogen (secondary N) is 3. The average molecular weight is 365 g/mol. The molecule has 1 unspecified atom stereocenters. The third-order valence-corrected chi connectivity index (χ3v) is 3.42. The minimum Gasteiger partial charge on any atom is -0.459 e. The van der Waals surface area contributed by atoms with Gasteiger partial charge in [0.1, 0.15) is 0 Å². The van der Waals surface area contributed by atoms with E-state index in [0.29, 0.717) is 5.56 Å². The van der Waals surface area contributed by atoms with Crippen LogP contribution in [0.2, 0.25) is 0 Å². The van der Waals surface area contributed by atoms with E-state index in [1.54, 1.807) is 6.92 Å². The van der Waals surface area contributed by atoms with Gasteiger partial charge in [0.2, 0.25) is 11.8 Å². The molecule has 0 bridgehead atoms. The summed E-state index contributed by atoms with van der Waals surface area (Å²) < 4.78 is 31.0. The van der Waals surface area contributed by atoms with E-state index in [-0.39, 0.29) is 18.8 Å². The fourth-order valence-corrected chi connectivity index (χ4v) is 2.05. The van der Waals surface area contributed by atoms with Crippen LogP contribution in [0.5, 0.6) is 0 Å². The maximum Gasteiger partial charge on any atom is 0.287 e. The molecule has 2 aromatic rings. The topological polar surface area (TPSA) is 100 Å². The second kappa shape index (κ2) is 8.75. The third-order valence-electron chi connectivity index (χ3n) is 3.42. The lowest BCUT2D eigenvalue weighted by Crippen LogP contribution is -2.42. The number of furan rings is 1. The van der Waals surface area contributed by atoms with Crippen LogP contribution in [-0.4, -0.2) is 30.8 Å². The van der Waals surface area contributed by atoms with Crippen LogP contribution in [0.4, 0.5) is 8.78 Å². The van der Waals surface area contributed by atoms with Crippen molar-refractivity contribution in [2.45, 2.75) is 13.0 Å². The average Bonchev–Trinajstić information content (AvgIpc) is 3.14. The molecular formula is C17H17F2N3O4. The standard InChI is InChI=1S/C17H17F2N3O4/c1-10(11-4-5-12(18)13(19)7-11)22-16(24)9-20-15(23)8-21-17(25)14-3-2-6-26-14/h2-7,10H,8-9H2,1H3,(H,20,23)(H,21,25)(H,22,24). The Bertz CT molecular complexity index is 793. The summed E-state index contributed by atoms with van der Waals surface area (Å²) in [5, 5.41) is 7.20. The van der Waals surface area contributed by atoms with E-state index in [1.165, 1.54) is 24.5 Å². The molecule has 0 spiro atoms. The van der Waals surface area contributed by atoms with Crippen molar-refractivity contribution < 1.29 is 27.6 Å². The molecule has 7 nitrogen and oxygen atoms in total. The Morgan fingerprint density at radius 3 is 2.42 bits per heavy atom. The molecule has 3 amide bonds. The first-order chi connectivity index (χ1) is 12.4. The molecular weight excluding hydrogens is 348 g/mol. The van der Waals surface area contributed by atoms with Gasteiger partial charge in [-0.15, -0.1) is 0 Å². The molecule has 1 heterocycles. The number of carbonyl (C=O) groups excluding carboxylic acids is 3. The van der Waals surface area contributed by atoms with Gasteiger partial charge in [-0.25, -0.2) is 8.78 Å². The van der Waals surface area contributed by atoms with Gasteiger partial charge in [-0.05, 0) is 36.8 Å². The van der Waals surface area contributed by atoms with Crippen LogP contribution in [-0.2, 0) is 9.59 Å². The lowest BCUT2D eigenvalue weighted by atomic mass is 10.1. The maximum atomic E-state index is 13.2. The van der Waals surface area contributed by atoms with E-state index < -0.39 is 35.4 Å². The van der Waals surface area contributed by atoms with Gasteiger partial charge in [0.15, 0.2) is 17.4 Å². The van der Waals surface area contributed by atoms with Gasteiger partial charge >= 0.3 is 0 Å². The molecule has 1 atom stereocenters. The fourth-order valence-electron chi connectivity index (χ4n) is 2.05. The van der Waals surface area contributed by atoms with Crippen molar-refractivity contribution in [2.24, 2.45) is 0 Å². The lowest BCUT2D eigenvalue weighted by Gasteiger charge is -2.15. The molecule has 1 aromatic carbocycles. The molecule has 138 valence electrons. The van der Waals surface area contributed by atoms with Crippen LogP contribution in [0.3, 0.4) is 0 Å². The SMILES string of the molecule is CC(NC(=O)CNC(=O)CNC(=O)c1ccco1)c1ccc(F)c(F)c1. The maximum absolute atomic E-state index is 13.2. The minimum atomic E-state index is -1.01. The van der Waals surface area contributed by atoms with E-state index in [4.69, 9.17) is 4.42 Å². The first-order valence-corrected chi connectivity index (χ1v) is 7.69. The van der Waals surface area contributed by atoms with Gasteiger partial charge in [-0.2, -0.15) is 0 Å². The van der Waals surface area contributed by atoms with Gasteiger partial charge in [0.25, 0.3) is 5.91 Å². The smallest absolute Gasteiger partial charge is 0.287 e. The largest absolute Gasteiger partial charge is 0.459 e. The van der Waals surface area contributed by atoms with Crippen LogP contribution >= 0.6 is 0 Å². The predicted molar refractivity (Wildman–Crippen MR) is 87.0 cm³/mol. The summed E-state index contributed by atoms with van der Waals surface area (Å²) in [7, 11) is 0. The molecule has 0 aliphatic heterocycles. The number of amides is 3. The predicted octanol–water partition coefficient (Wildman–Crippen LogP) is 1.28. The summed E-state index contributed by atoms with van der Waals surface area (Å²) in [5.74, 6) is -3.56. The first-order valence-electron chi connectivity index (χ1n) is 7.69. The van der Waals surface area contributed by atoms with E-state index >= 15 is 0 Å². The van der Waals surface area contributed by atoms with E-state index in [2.05, 4.69) is 16.0 Å². The fraction of sp³-hybridized carbons (Fsp3) is 0.235. The Morgan fingerprint density at radius 2 is 1.77 bits per heavy atom. The number of hydrogen-bond acceptors (Lipinski definition) is 4. The van der Waals surface area contributed by atoms with Crippen molar-refractivity contribution in [1.29, 1.82) is 0 Å². The van der Waals surface area contributed by atoms with Gasteiger partial charge in [0, 0.05) is 0 Å². The van der Waals surface area contributed by atoms with Crippen LogP contribution in [0.1, 0.15) is 29.1 Å². The van der Waals surface area contributed by atoms with E-state index in [9.17, 15) is 23.2 Å². The van der Waals surface area contributed by atoms with E-state index in [1.807, 2.05) is 0 Å². The Balaban J connectivity index is 1.72. The van der Waals surface area contributed by atoms with Crippen LogP contribution in [0.25, 0.3) is 0 Å². The van der Waals surface area contributed by atoms with Crippen LogP contribution < -0.4 is 16.0 Å². The molecule has 2 rings (SSSR count). The molecule has 0 aliphatic rings. The number of rotatable bonds is 7. The summed E-state index contributed by atoms with van der Waals surface area (Å²) in [6.45, 7) is 0.936. The summed E-state index contributed by atoms with van der Waals surface area (Å²) in [5.41, 5.74) is 0.384. The van der Waals surface area contributed by atoms with Crippen molar-refractivity contribution in [3.05, 3.63) is 59.6 Å². The summed E-state index contributed by atoms with van der Waals surface area (Å²) >= 11 is 0. The molecule has 9 heteroatoms. The van der Waals surface area contributed by atoms with Crippen molar-refractivity contribution in [3.63, 3.8) is 0 Å². The third kappa shape index (κ3) is 5.40. The zero-order chi connectivity index (χ0) is 19.1. The lowest BCUT2D eigenvalue weighted by molar-refractivity contribution is -0.125. The molecule has 26 heavy (non-hydrogen) atoms. The molecule has 3 N–H and O–H groups in total. The summed E-state index contributed by atoms with van der Waals surface area (Å²) in [4.78, 5) is 35.0. The molecule has 0 fully saturated rings. The summed E-state index contributed by atoms with van der Waals surface area (Å²) in [6, 6.07) is 5.72. The molecule has 0 radical (unpaired) electrons. The zero-order valence-electron chi connectivity index (χ0n) is 13.8. The minimum absolute atomic E-state index is 0.0656. The van der Waals surface area contributed by atoms with Crippen LogP contribution in [0.15, 0.2) is 41.0 Å². The Labute approximate surface area is 147 Å². The number of halogens is 2. The number of hydrogen-bond donors (Lipinski definition) is 3. The van der Waals surface area contributed by atoms with Crippen molar-refractivity contribution in [3.8, 4) is 0 Å². The van der Waals surface area contributed by atoms with Gasteiger partial charge in [-0.1, -0.05) is 6.07 Å². The van der Waals surface area contributed by atoms with Gasteiger partial charge < -0.3 is 20.4 Å². The highest BCUT2D eigenvalue weighted by Gasteiger charge is 2.14. The summed E-state index contributed by atoms with van der Waals surface area (Å²) in [6.07, 6.45) is 1.33. The highest BCUT2D eigenvalue weighted by atomic mass is 19.2. The van der Waals surface area contributed by atoms with Crippen molar-refractivity contribution in [2.75, 3.05) is 13.1 Å². The highest BCUT2D eigenvalue weighted by molar-refractivity contribution is 5.94. The van der Waals surface area contributed by atoms with Gasteiger partial charge in [0.05, 0.1) is 25.4 Å². The second-order valence-electron chi connectivity index (χ2n) is 5.40. The quantitative estimate of drug-likeness (QED) is 0.688. The highest BCUT2D eigenvalue weighted by Crippen LogP contribution is 2.15. The molecule has 1 aromatic heterocycles. The van der Waals surface area contributed by atoms with Crippen molar-refractivity contribution >= 4 is 17.7 Å². The molecule has 0 saturated carbocycles. The monoisotopic (exact) mass is 365 g/mol. The Kier molecular flexibility index (Phi) is 6.42. The Morgan fingerprint density at radius 1 is 1.04 bits per heavy atom. The molecule has 0 saturated heterocycles. The Hall–Kier alpha value is -3.23. The van der Waals surface area contributed by atoms with Gasteiger partial charge in [-0.3, -0.25) is 14.4 Å². The number of carbonyl (C=O) groups is 3. The number of benzene rings is 1. The first kappa shape index (κ1) is 19.1.